The SMILES string of the molecule is CCn1c(CCNC(=O)c2ccccc2NS(=O)(=O)c2ccc(F)cc2)n[nH]c1=S. The first-order valence-corrected chi connectivity index (χ1v) is 11.0. The van der Waals surface area contributed by atoms with Crippen LogP contribution in [-0.4, -0.2) is 35.6 Å². The molecule has 8 nitrogen and oxygen atoms in total. The molecule has 0 radical (unpaired) electrons. The van der Waals surface area contributed by atoms with Gasteiger partial charge in [0.2, 0.25) is 0 Å². The number of H-pyrrole nitrogens is 1. The van der Waals surface area contributed by atoms with Crippen LogP contribution in [0.3, 0.4) is 0 Å². The predicted molar refractivity (Wildman–Crippen MR) is 113 cm³/mol. The minimum Gasteiger partial charge on any atom is -0.352 e. The number of hydrogen-bond acceptors (Lipinski definition) is 5. The molecule has 11 heteroatoms. The fourth-order valence-electron chi connectivity index (χ4n) is 2.84. The smallest absolute Gasteiger partial charge is 0.261 e. The van der Waals surface area contributed by atoms with E-state index in [0.717, 1.165) is 24.3 Å². The van der Waals surface area contributed by atoms with Crippen LogP contribution in [0.4, 0.5) is 10.1 Å². The maximum absolute atomic E-state index is 13.1. The normalized spacial score (nSPS) is 11.3. The molecular formula is C19H20FN5O3S2. The van der Waals surface area contributed by atoms with Crippen molar-refractivity contribution in [2.75, 3.05) is 11.3 Å². The number of carbonyl (C=O) groups excluding carboxylic acids is 1. The lowest BCUT2D eigenvalue weighted by atomic mass is 10.1. The second-order valence-corrected chi connectivity index (χ2v) is 8.37. The van der Waals surface area contributed by atoms with E-state index in [0.29, 0.717) is 23.6 Å². The molecular weight excluding hydrogens is 429 g/mol. The van der Waals surface area contributed by atoms with Crippen molar-refractivity contribution in [2.45, 2.75) is 24.8 Å². The average Bonchev–Trinajstić information content (AvgIpc) is 3.07. The molecule has 158 valence electrons. The van der Waals surface area contributed by atoms with Gasteiger partial charge in [0.1, 0.15) is 11.6 Å². The molecule has 0 bridgehead atoms. The van der Waals surface area contributed by atoms with E-state index >= 15 is 0 Å². The molecule has 1 heterocycles. The van der Waals surface area contributed by atoms with Crippen molar-refractivity contribution in [3.05, 3.63) is 70.5 Å². The molecule has 0 saturated carbocycles. The zero-order valence-electron chi connectivity index (χ0n) is 16.1. The molecule has 0 unspecified atom stereocenters. The van der Waals surface area contributed by atoms with E-state index in [1.165, 1.54) is 12.1 Å². The van der Waals surface area contributed by atoms with Crippen LogP contribution in [0.15, 0.2) is 53.4 Å². The molecule has 0 atom stereocenters. The number of hydrogen-bond donors (Lipinski definition) is 3. The molecule has 3 aromatic rings. The third-order valence-corrected chi connectivity index (χ3v) is 6.02. The Hall–Kier alpha value is -3.05. The number of anilines is 1. The number of para-hydroxylation sites is 1. The second-order valence-electron chi connectivity index (χ2n) is 6.30. The summed E-state index contributed by atoms with van der Waals surface area (Å²) in [5, 5.41) is 9.61. The van der Waals surface area contributed by atoms with E-state index in [2.05, 4.69) is 20.2 Å². The number of benzene rings is 2. The molecule has 0 aliphatic heterocycles. The summed E-state index contributed by atoms with van der Waals surface area (Å²) >= 11 is 5.14. The molecule has 0 aliphatic rings. The number of nitrogens with zero attached hydrogens (tertiary/aromatic N) is 2. The van der Waals surface area contributed by atoms with Crippen LogP contribution in [0.5, 0.6) is 0 Å². The van der Waals surface area contributed by atoms with Gasteiger partial charge in [0, 0.05) is 19.5 Å². The van der Waals surface area contributed by atoms with Crippen molar-refractivity contribution in [2.24, 2.45) is 0 Å². The summed E-state index contributed by atoms with van der Waals surface area (Å²) in [6.07, 6.45) is 0.455. The fraction of sp³-hybridized carbons (Fsp3) is 0.211. The number of carbonyl (C=O) groups is 1. The molecule has 3 rings (SSSR count). The van der Waals surface area contributed by atoms with Crippen molar-refractivity contribution >= 4 is 33.8 Å². The van der Waals surface area contributed by atoms with Gasteiger partial charge in [-0.05, 0) is 55.5 Å². The first-order chi connectivity index (χ1) is 14.3. The number of aromatic amines is 1. The predicted octanol–water partition coefficient (Wildman–Crippen LogP) is 2.87. The molecule has 0 aliphatic carbocycles. The van der Waals surface area contributed by atoms with Crippen LogP contribution in [0.2, 0.25) is 0 Å². The molecule has 0 spiro atoms. The third kappa shape index (κ3) is 4.92. The summed E-state index contributed by atoms with van der Waals surface area (Å²) < 4.78 is 42.9. The largest absolute Gasteiger partial charge is 0.352 e. The lowest BCUT2D eigenvalue weighted by Gasteiger charge is -2.13. The van der Waals surface area contributed by atoms with Crippen molar-refractivity contribution in [3.8, 4) is 0 Å². The Kier molecular flexibility index (Phi) is 6.63. The molecule has 2 aromatic carbocycles. The van der Waals surface area contributed by atoms with Crippen LogP contribution in [-0.2, 0) is 23.0 Å². The summed E-state index contributed by atoms with van der Waals surface area (Å²) in [5.41, 5.74) is 0.285. The number of halogens is 1. The highest BCUT2D eigenvalue weighted by Crippen LogP contribution is 2.20. The number of rotatable bonds is 8. The van der Waals surface area contributed by atoms with Gasteiger partial charge < -0.3 is 9.88 Å². The Morgan fingerprint density at radius 2 is 1.90 bits per heavy atom. The highest BCUT2D eigenvalue weighted by atomic mass is 32.2. The van der Waals surface area contributed by atoms with Gasteiger partial charge in [0.15, 0.2) is 4.77 Å². The number of sulfonamides is 1. The minimum atomic E-state index is -3.98. The van der Waals surface area contributed by atoms with Crippen LogP contribution in [0.25, 0.3) is 0 Å². The van der Waals surface area contributed by atoms with E-state index in [9.17, 15) is 17.6 Å². The number of amides is 1. The molecule has 0 saturated heterocycles. The Morgan fingerprint density at radius 1 is 1.20 bits per heavy atom. The van der Waals surface area contributed by atoms with Gasteiger partial charge in [-0.25, -0.2) is 12.8 Å². The van der Waals surface area contributed by atoms with E-state index in [-0.39, 0.29) is 22.7 Å². The van der Waals surface area contributed by atoms with Crippen LogP contribution < -0.4 is 10.0 Å². The molecule has 30 heavy (non-hydrogen) atoms. The standard InChI is InChI=1S/C19H20FN5O3S2/c1-2-25-17(22-23-19(25)29)11-12-21-18(26)15-5-3-4-6-16(15)24-30(27,28)14-9-7-13(20)8-10-14/h3-10,24H,2,11-12H2,1H3,(H,21,26)(H,23,29). The Morgan fingerprint density at radius 3 is 2.60 bits per heavy atom. The van der Waals surface area contributed by atoms with Gasteiger partial charge in [-0.3, -0.25) is 14.6 Å². The van der Waals surface area contributed by atoms with Crippen LogP contribution in [0, 0.1) is 10.6 Å². The van der Waals surface area contributed by atoms with Crippen LogP contribution in [0.1, 0.15) is 23.1 Å². The first-order valence-electron chi connectivity index (χ1n) is 9.11. The topological polar surface area (TPSA) is 109 Å². The summed E-state index contributed by atoms with van der Waals surface area (Å²) in [7, 11) is -3.98. The second kappa shape index (κ2) is 9.18. The van der Waals surface area contributed by atoms with Crippen LogP contribution >= 0.6 is 12.2 Å². The highest BCUT2D eigenvalue weighted by molar-refractivity contribution is 7.92. The molecule has 3 N–H and O–H groups in total. The van der Waals surface area contributed by atoms with Gasteiger partial charge in [-0.2, -0.15) is 5.10 Å². The zero-order chi connectivity index (χ0) is 21.7. The quantitative estimate of drug-likeness (QED) is 0.458. The van der Waals surface area contributed by atoms with Gasteiger partial charge in [0.05, 0.1) is 16.1 Å². The Labute approximate surface area is 178 Å². The van der Waals surface area contributed by atoms with Crippen molar-refractivity contribution in [1.29, 1.82) is 0 Å². The molecule has 0 fully saturated rings. The van der Waals surface area contributed by atoms with Crippen molar-refractivity contribution < 1.29 is 17.6 Å². The van der Waals surface area contributed by atoms with Gasteiger partial charge >= 0.3 is 0 Å². The summed E-state index contributed by atoms with van der Waals surface area (Å²) in [6, 6.07) is 10.7. The van der Waals surface area contributed by atoms with Crippen molar-refractivity contribution in [1.82, 2.24) is 20.1 Å². The number of aromatic nitrogens is 3. The summed E-state index contributed by atoms with van der Waals surface area (Å²) in [4.78, 5) is 12.5. The zero-order valence-corrected chi connectivity index (χ0v) is 17.7. The number of nitrogens with one attached hydrogen (secondary N) is 3. The van der Waals surface area contributed by atoms with Gasteiger partial charge in [-0.1, -0.05) is 12.1 Å². The van der Waals surface area contributed by atoms with Gasteiger partial charge in [0.25, 0.3) is 15.9 Å². The maximum atomic E-state index is 13.1. The van der Waals surface area contributed by atoms with E-state index in [1.54, 1.807) is 12.1 Å². The Bertz CT molecular complexity index is 1200. The van der Waals surface area contributed by atoms with E-state index in [4.69, 9.17) is 12.2 Å². The average molecular weight is 450 g/mol. The maximum Gasteiger partial charge on any atom is 0.261 e. The summed E-state index contributed by atoms with van der Waals surface area (Å²) in [5.74, 6) is -0.268. The van der Waals surface area contributed by atoms with E-state index in [1.807, 2.05) is 11.5 Å². The van der Waals surface area contributed by atoms with Crippen molar-refractivity contribution in [3.63, 3.8) is 0 Å². The first kappa shape index (κ1) is 21.7. The lowest BCUT2D eigenvalue weighted by molar-refractivity contribution is 0.0954. The van der Waals surface area contributed by atoms with E-state index < -0.39 is 21.7 Å². The monoisotopic (exact) mass is 449 g/mol. The molecule has 1 aromatic heterocycles. The summed E-state index contributed by atoms with van der Waals surface area (Å²) in [6.45, 7) is 2.89. The minimum absolute atomic E-state index is 0.110. The molecule has 1 amide bonds. The highest BCUT2D eigenvalue weighted by Gasteiger charge is 2.18. The van der Waals surface area contributed by atoms with Gasteiger partial charge in [-0.15, -0.1) is 0 Å². The Balaban J connectivity index is 1.72. The third-order valence-electron chi connectivity index (χ3n) is 4.33. The lowest BCUT2D eigenvalue weighted by Crippen LogP contribution is -2.28. The fourth-order valence-corrected chi connectivity index (χ4v) is 4.20.